The number of amides is 2. The van der Waals surface area contributed by atoms with Gasteiger partial charge in [-0.2, -0.15) is 5.10 Å². The van der Waals surface area contributed by atoms with E-state index in [2.05, 4.69) is 17.0 Å². The number of hydrogen-bond donors (Lipinski definition) is 0. The van der Waals surface area contributed by atoms with Crippen LogP contribution in [0.4, 0.5) is 0 Å². The number of likely N-dealkylation sites (tertiary alicyclic amines) is 1. The first kappa shape index (κ1) is 15.0. The van der Waals surface area contributed by atoms with Crippen molar-refractivity contribution < 1.29 is 9.59 Å². The first-order chi connectivity index (χ1) is 11.1. The van der Waals surface area contributed by atoms with Crippen LogP contribution in [0.25, 0.3) is 0 Å². The van der Waals surface area contributed by atoms with Crippen LogP contribution in [0.15, 0.2) is 12.7 Å². The van der Waals surface area contributed by atoms with E-state index in [9.17, 15) is 9.59 Å². The summed E-state index contributed by atoms with van der Waals surface area (Å²) in [7, 11) is 0. The van der Waals surface area contributed by atoms with Gasteiger partial charge in [-0.1, -0.05) is 0 Å². The maximum absolute atomic E-state index is 13.0. The van der Waals surface area contributed by atoms with Gasteiger partial charge in [0.2, 0.25) is 11.8 Å². The van der Waals surface area contributed by atoms with E-state index in [1.165, 1.54) is 6.33 Å². The van der Waals surface area contributed by atoms with Gasteiger partial charge in [0.15, 0.2) is 0 Å². The van der Waals surface area contributed by atoms with Gasteiger partial charge in [-0.3, -0.25) is 9.59 Å². The fraction of sp³-hybridized carbons (Fsp3) is 0.733. The molecule has 1 aromatic heterocycles. The normalized spacial score (nSPS) is 34.0. The van der Waals surface area contributed by atoms with E-state index in [-0.39, 0.29) is 28.8 Å². The lowest BCUT2D eigenvalue weighted by Crippen LogP contribution is -2.53. The lowest BCUT2D eigenvalue weighted by molar-refractivity contribution is -0.144. The van der Waals surface area contributed by atoms with Crippen LogP contribution in [0, 0.1) is 0 Å². The Morgan fingerprint density at radius 2 is 2.35 bits per heavy atom. The minimum atomic E-state index is -0.297. The van der Waals surface area contributed by atoms with Crippen molar-refractivity contribution in [1.82, 2.24) is 24.6 Å². The van der Waals surface area contributed by atoms with Crippen molar-refractivity contribution in [3.05, 3.63) is 12.7 Å². The largest absolute Gasteiger partial charge is 0.339 e. The molecule has 2 amide bonds. The summed E-state index contributed by atoms with van der Waals surface area (Å²) in [5.41, 5.74) is 0. The van der Waals surface area contributed by atoms with E-state index in [0.29, 0.717) is 18.7 Å². The maximum atomic E-state index is 13.0. The predicted molar refractivity (Wildman–Crippen MR) is 85.6 cm³/mol. The Hall–Kier alpha value is -1.57. The summed E-state index contributed by atoms with van der Waals surface area (Å²) in [5, 5.41) is 4.21. The summed E-state index contributed by atoms with van der Waals surface area (Å²) in [6.07, 6.45) is 6.62. The zero-order valence-corrected chi connectivity index (χ0v) is 14.0. The van der Waals surface area contributed by atoms with Crippen LogP contribution >= 0.6 is 11.8 Å². The molecular formula is C15H21N5O2S. The van der Waals surface area contributed by atoms with Crippen LogP contribution in [0.1, 0.15) is 38.6 Å². The molecule has 3 atom stereocenters. The molecule has 23 heavy (non-hydrogen) atoms. The summed E-state index contributed by atoms with van der Waals surface area (Å²) in [6.45, 7) is 3.51. The number of rotatable bonds is 2. The van der Waals surface area contributed by atoms with E-state index in [0.717, 1.165) is 25.8 Å². The predicted octanol–water partition coefficient (Wildman–Crippen LogP) is 0.896. The van der Waals surface area contributed by atoms with Gasteiger partial charge in [-0.15, -0.1) is 11.8 Å². The van der Waals surface area contributed by atoms with Crippen LogP contribution in [-0.4, -0.2) is 66.1 Å². The SMILES string of the molecule is C[C@]12CCC(=O)N1[C@H](C(=O)N1CCC[C@@H](n3cncn3)C1)CS2. The molecule has 8 heteroatoms. The average Bonchev–Trinajstić information content (AvgIpc) is 3.25. The quantitative estimate of drug-likeness (QED) is 0.803. The van der Waals surface area contributed by atoms with E-state index in [1.54, 1.807) is 18.1 Å². The van der Waals surface area contributed by atoms with E-state index in [1.807, 2.05) is 14.5 Å². The lowest BCUT2D eigenvalue weighted by Gasteiger charge is -2.37. The third-order valence-electron chi connectivity index (χ3n) is 5.25. The van der Waals surface area contributed by atoms with Crippen LogP contribution in [0.2, 0.25) is 0 Å². The monoisotopic (exact) mass is 335 g/mol. The number of carbonyl (C=O) groups is 2. The molecule has 0 N–H and O–H groups in total. The molecule has 3 fully saturated rings. The standard InChI is InChI=1S/C15H21N5O2S/c1-15-5-4-13(21)20(15)12(8-23-15)14(22)18-6-2-3-11(7-18)19-10-16-9-17-19/h9-12H,2-8H2,1H3/t11-,12+,15+/m1/s1. The topological polar surface area (TPSA) is 71.3 Å². The van der Waals surface area contributed by atoms with Crippen molar-refractivity contribution in [3.63, 3.8) is 0 Å². The van der Waals surface area contributed by atoms with Crippen molar-refractivity contribution in [3.8, 4) is 0 Å². The van der Waals surface area contributed by atoms with Crippen molar-refractivity contribution in [2.24, 2.45) is 0 Å². The second-order valence-corrected chi connectivity index (χ2v) is 8.22. The minimum Gasteiger partial charge on any atom is -0.339 e. The molecule has 0 spiro atoms. The van der Waals surface area contributed by atoms with Crippen LogP contribution < -0.4 is 0 Å². The summed E-state index contributed by atoms with van der Waals surface area (Å²) in [6, 6.07) is -0.112. The summed E-state index contributed by atoms with van der Waals surface area (Å²) in [4.78, 5) is 32.8. The Bertz CT molecular complexity index is 621. The van der Waals surface area contributed by atoms with Gasteiger partial charge in [0.05, 0.1) is 10.9 Å². The molecule has 3 aliphatic rings. The molecule has 0 bridgehead atoms. The highest BCUT2D eigenvalue weighted by molar-refractivity contribution is 8.01. The van der Waals surface area contributed by atoms with E-state index in [4.69, 9.17) is 0 Å². The number of piperidine rings is 1. The summed E-state index contributed by atoms with van der Waals surface area (Å²) >= 11 is 1.75. The number of carbonyl (C=O) groups excluding carboxylic acids is 2. The molecular weight excluding hydrogens is 314 g/mol. The number of aromatic nitrogens is 3. The molecule has 7 nitrogen and oxygen atoms in total. The zero-order chi connectivity index (χ0) is 16.0. The van der Waals surface area contributed by atoms with Gasteiger partial charge in [0.1, 0.15) is 18.7 Å². The highest BCUT2D eigenvalue weighted by Crippen LogP contribution is 2.47. The Balaban J connectivity index is 1.49. The van der Waals surface area contributed by atoms with Crippen molar-refractivity contribution in [2.45, 2.75) is 49.6 Å². The molecule has 4 rings (SSSR count). The fourth-order valence-electron chi connectivity index (χ4n) is 3.99. The Labute approximate surface area is 139 Å². The second-order valence-electron chi connectivity index (χ2n) is 6.72. The molecule has 3 saturated heterocycles. The van der Waals surface area contributed by atoms with Gasteiger partial charge in [-0.05, 0) is 26.2 Å². The molecule has 0 saturated carbocycles. The molecule has 3 aliphatic heterocycles. The third kappa shape index (κ3) is 2.43. The van der Waals surface area contributed by atoms with E-state index >= 15 is 0 Å². The number of nitrogens with zero attached hydrogens (tertiary/aromatic N) is 5. The molecule has 0 unspecified atom stereocenters. The fourth-order valence-corrected chi connectivity index (χ4v) is 5.41. The van der Waals surface area contributed by atoms with Gasteiger partial charge in [-0.25, -0.2) is 9.67 Å². The minimum absolute atomic E-state index is 0.0984. The Morgan fingerprint density at radius 1 is 1.48 bits per heavy atom. The van der Waals surface area contributed by atoms with Crippen molar-refractivity contribution in [2.75, 3.05) is 18.8 Å². The average molecular weight is 335 g/mol. The lowest BCUT2D eigenvalue weighted by atomic mass is 10.0. The molecule has 124 valence electrons. The molecule has 4 heterocycles. The zero-order valence-electron chi connectivity index (χ0n) is 13.2. The Kier molecular flexibility index (Phi) is 3.59. The highest BCUT2D eigenvalue weighted by Gasteiger charge is 2.53. The smallest absolute Gasteiger partial charge is 0.246 e. The van der Waals surface area contributed by atoms with E-state index < -0.39 is 0 Å². The van der Waals surface area contributed by atoms with Crippen LogP contribution in [0.5, 0.6) is 0 Å². The highest BCUT2D eigenvalue weighted by atomic mass is 32.2. The van der Waals surface area contributed by atoms with Crippen LogP contribution in [-0.2, 0) is 9.59 Å². The first-order valence-electron chi connectivity index (χ1n) is 8.17. The van der Waals surface area contributed by atoms with Gasteiger partial charge < -0.3 is 9.80 Å². The first-order valence-corrected chi connectivity index (χ1v) is 9.16. The maximum Gasteiger partial charge on any atom is 0.246 e. The van der Waals surface area contributed by atoms with Gasteiger partial charge >= 0.3 is 0 Å². The second kappa shape index (κ2) is 5.51. The Morgan fingerprint density at radius 3 is 3.13 bits per heavy atom. The molecule has 0 aromatic carbocycles. The number of hydrogen-bond acceptors (Lipinski definition) is 5. The number of fused-ring (bicyclic) bond motifs is 1. The third-order valence-corrected chi connectivity index (χ3v) is 6.75. The van der Waals surface area contributed by atoms with Crippen LogP contribution in [0.3, 0.4) is 0 Å². The van der Waals surface area contributed by atoms with Crippen molar-refractivity contribution in [1.29, 1.82) is 0 Å². The number of thioether (sulfide) groups is 1. The molecule has 0 radical (unpaired) electrons. The van der Waals surface area contributed by atoms with Crippen molar-refractivity contribution >= 4 is 23.6 Å². The summed E-state index contributed by atoms with van der Waals surface area (Å²) in [5.74, 6) is 0.938. The van der Waals surface area contributed by atoms with Gasteiger partial charge in [0, 0.05) is 25.3 Å². The molecule has 0 aliphatic carbocycles. The molecule has 1 aromatic rings. The summed E-state index contributed by atoms with van der Waals surface area (Å²) < 4.78 is 1.84. The van der Waals surface area contributed by atoms with Gasteiger partial charge in [0.25, 0.3) is 0 Å².